The Kier molecular flexibility index (Phi) is 4.24. The van der Waals surface area contributed by atoms with E-state index in [1.807, 2.05) is 6.92 Å². The first-order valence-electron chi connectivity index (χ1n) is 6.10. The van der Waals surface area contributed by atoms with Crippen molar-refractivity contribution in [3.05, 3.63) is 53.9 Å². The molecule has 6 heteroatoms. The third kappa shape index (κ3) is 3.50. The van der Waals surface area contributed by atoms with Crippen molar-refractivity contribution in [2.75, 3.05) is 0 Å². The van der Waals surface area contributed by atoms with Crippen LogP contribution in [-0.4, -0.2) is 27.0 Å². The van der Waals surface area contributed by atoms with E-state index in [0.717, 1.165) is 17.8 Å². The maximum absolute atomic E-state index is 12.9. The van der Waals surface area contributed by atoms with Crippen LogP contribution < -0.4 is 5.32 Å². The number of aromatic nitrogens is 2. The Hall–Kier alpha value is -2.50. The van der Waals surface area contributed by atoms with Gasteiger partial charge in [0.05, 0.1) is 5.69 Å². The molecule has 0 aliphatic rings. The van der Waals surface area contributed by atoms with Crippen LogP contribution in [0.1, 0.15) is 23.0 Å². The van der Waals surface area contributed by atoms with Crippen LogP contribution in [0.4, 0.5) is 4.39 Å². The minimum Gasteiger partial charge on any atom is -0.505 e. The smallest absolute Gasteiger partial charge is 0.251 e. The average molecular weight is 275 g/mol. The molecule has 0 saturated heterocycles. The SMILES string of the molecule is CC(Cc1cnccn1)NC(=O)c1ccc(F)c(O)c1. The fourth-order valence-corrected chi connectivity index (χ4v) is 1.76. The summed E-state index contributed by atoms with van der Waals surface area (Å²) in [6.45, 7) is 1.83. The zero-order chi connectivity index (χ0) is 14.5. The Balaban J connectivity index is 1.98. The van der Waals surface area contributed by atoms with Crippen LogP contribution in [0, 0.1) is 5.82 Å². The van der Waals surface area contributed by atoms with Crippen LogP contribution in [0.25, 0.3) is 0 Å². The normalized spacial score (nSPS) is 11.9. The number of amides is 1. The summed E-state index contributed by atoms with van der Waals surface area (Å²) in [6, 6.07) is 3.31. The molecule has 1 aromatic heterocycles. The van der Waals surface area contributed by atoms with E-state index >= 15 is 0 Å². The third-order valence-electron chi connectivity index (χ3n) is 2.72. The Morgan fingerprint density at radius 3 is 2.90 bits per heavy atom. The van der Waals surface area contributed by atoms with Gasteiger partial charge in [-0.05, 0) is 25.1 Å². The molecule has 0 saturated carbocycles. The largest absolute Gasteiger partial charge is 0.505 e. The molecule has 1 aromatic carbocycles. The number of carbonyl (C=O) groups excluding carboxylic acids is 1. The lowest BCUT2D eigenvalue weighted by Crippen LogP contribution is -2.34. The molecule has 1 unspecified atom stereocenters. The topological polar surface area (TPSA) is 75.1 Å². The fraction of sp³-hybridized carbons (Fsp3) is 0.214. The number of hydrogen-bond donors (Lipinski definition) is 2. The summed E-state index contributed by atoms with van der Waals surface area (Å²) >= 11 is 0. The third-order valence-corrected chi connectivity index (χ3v) is 2.72. The minimum atomic E-state index is -0.755. The number of benzene rings is 1. The highest BCUT2D eigenvalue weighted by Gasteiger charge is 2.12. The van der Waals surface area contributed by atoms with Gasteiger partial charge in [-0.2, -0.15) is 0 Å². The van der Waals surface area contributed by atoms with E-state index in [9.17, 15) is 14.3 Å². The number of rotatable bonds is 4. The number of nitrogens with zero attached hydrogens (tertiary/aromatic N) is 2. The molecular weight excluding hydrogens is 261 g/mol. The summed E-state index contributed by atoms with van der Waals surface area (Å²) in [5.41, 5.74) is 0.970. The molecule has 1 heterocycles. The number of phenolic OH excluding ortho intramolecular Hbond substituents is 1. The van der Waals surface area contributed by atoms with E-state index in [-0.39, 0.29) is 17.5 Å². The molecule has 5 nitrogen and oxygen atoms in total. The molecule has 0 bridgehead atoms. The van der Waals surface area contributed by atoms with E-state index < -0.39 is 11.6 Å². The number of aromatic hydroxyl groups is 1. The Morgan fingerprint density at radius 2 is 2.25 bits per heavy atom. The highest BCUT2D eigenvalue weighted by molar-refractivity contribution is 5.94. The molecule has 0 fully saturated rings. The van der Waals surface area contributed by atoms with Crippen LogP contribution in [0.15, 0.2) is 36.8 Å². The molecule has 0 spiro atoms. The van der Waals surface area contributed by atoms with E-state index in [4.69, 9.17) is 0 Å². The van der Waals surface area contributed by atoms with Gasteiger partial charge in [-0.15, -0.1) is 0 Å². The molecule has 1 atom stereocenters. The van der Waals surface area contributed by atoms with Crippen molar-refractivity contribution in [3.63, 3.8) is 0 Å². The highest BCUT2D eigenvalue weighted by atomic mass is 19.1. The van der Waals surface area contributed by atoms with Crippen molar-refractivity contribution >= 4 is 5.91 Å². The first-order valence-corrected chi connectivity index (χ1v) is 6.10. The molecule has 0 radical (unpaired) electrons. The van der Waals surface area contributed by atoms with Gasteiger partial charge in [0.25, 0.3) is 5.91 Å². The van der Waals surface area contributed by atoms with Gasteiger partial charge in [-0.3, -0.25) is 14.8 Å². The van der Waals surface area contributed by atoms with E-state index in [2.05, 4.69) is 15.3 Å². The van der Waals surface area contributed by atoms with Gasteiger partial charge in [0, 0.05) is 36.6 Å². The van der Waals surface area contributed by atoms with Crippen molar-refractivity contribution in [1.82, 2.24) is 15.3 Å². The van der Waals surface area contributed by atoms with Gasteiger partial charge in [-0.1, -0.05) is 0 Å². The van der Waals surface area contributed by atoms with Gasteiger partial charge in [0.1, 0.15) is 0 Å². The number of phenols is 1. The van der Waals surface area contributed by atoms with Crippen LogP contribution in [0.5, 0.6) is 5.75 Å². The van der Waals surface area contributed by atoms with Crippen LogP contribution >= 0.6 is 0 Å². The summed E-state index contributed by atoms with van der Waals surface area (Å²) < 4.78 is 12.9. The first-order chi connectivity index (χ1) is 9.56. The summed E-state index contributed by atoms with van der Waals surface area (Å²) in [6.07, 6.45) is 5.33. The second-order valence-corrected chi connectivity index (χ2v) is 4.44. The second kappa shape index (κ2) is 6.10. The minimum absolute atomic E-state index is 0.161. The lowest BCUT2D eigenvalue weighted by molar-refractivity contribution is 0.0939. The predicted octanol–water partition coefficient (Wildman–Crippen LogP) is 1.68. The van der Waals surface area contributed by atoms with Crippen molar-refractivity contribution in [2.24, 2.45) is 0 Å². The number of halogens is 1. The molecule has 1 amide bonds. The molecular formula is C14H14FN3O2. The van der Waals surface area contributed by atoms with Crippen molar-refractivity contribution in [1.29, 1.82) is 0 Å². The Bertz CT molecular complexity index is 605. The molecule has 2 rings (SSSR count). The van der Waals surface area contributed by atoms with E-state index in [1.165, 1.54) is 6.07 Å². The zero-order valence-corrected chi connectivity index (χ0v) is 10.9. The van der Waals surface area contributed by atoms with E-state index in [1.54, 1.807) is 18.6 Å². The van der Waals surface area contributed by atoms with Crippen LogP contribution in [0.3, 0.4) is 0 Å². The van der Waals surface area contributed by atoms with Crippen molar-refractivity contribution in [3.8, 4) is 5.75 Å². The Labute approximate surface area is 115 Å². The predicted molar refractivity (Wildman–Crippen MR) is 70.7 cm³/mol. The summed E-state index contributed by atoms with van der Waals surface area (Å²) in [4.78, 5) is 20.0. The fourth-order valence-electron chi connectivity index (χ4n) is 1.76. The average Bonchev–Trinajstić information content (AvgIpc) is 2.42. The van der Waals surface area contributed by atoms with Crippen molar-refractivity contribution in [2.45, 2.75) is 19.4 Å². The quantitative estimate of drug-likeness (QED) is 0.890. The van der Waals surface area contributed by atoms with Gasteiger partial charge < -0.3 is 10.4 Å². The molecule has 0 aliphatic heterocycles. The number of nitrogens with one attached hydrogen (secondary N) is 1. The Morgan fingerprint density at radius 1 is 1.45 bits per heavy atom. The zero-order valence-electron chi connectivity index (χ0n) is 10.9. The molecule has 2 N–H and O–H groups in total. The van der Waals surface area contributed by atoms with Gasteiger partial charge in [0.2, 0.25) is 0 Å². The van der Waals surface area contributed by atoms with Crippen LogP contribution in [-0.2, 0) is 6.42 Å². The lowest BCUT2D eigenvalue weighted by atomic mass is 10.1. The summed E-state index contributed by atoms with van der Waals surface area (Å²) in [5.74, 6) is -1.68. The van der Waals surface area contributed by atoms with Crippen molar-refractivity contribution < 1.29 is 14.3 Å². The molecule has 2 aromatic rings. The number of carbonyl (C=O) groups is 1. The summed E-state index contributed by atoms with van der Waals surface area (Å²) in [5, 5.41) is 12.0. The van der Waals surface area contributed by atoms with Gasteiger partial charge in [-0.25, -0.2) is 4.39 Å². The monoisotopic (exact) mass is 275 g/mol. The van der Waals surface area contributed by atoms with E-state index in [0.29, 0.717) is 6.42 Å². The maximum Gasteiger partial charge on any atom is 0.251 e. The standard InChI is InChI=1S/C14H14FN3O2/c1-9(6-11-8-16-4-5-17-11)18-14(20)10-2-3-12(15)13(19)7-10/h2-5,7-9,19H,6H2,1H3,(H,18,20). The lowest BCUT2D eigenvalue weighted by Gasteiger charge is -2.13. The molecule has 104 valence electrons. The first kappa shape index (κ1) is 13.9. The molecule has 0 aliphatic carbocycles. The molecule has 20 heavy (non-hydrogen) atoms. The van der Waals surface area contributed by atoms with Gasteiger partial charge in [0.15, 0.2) is 11.6 Å². The summed E-state index contributed by atoms with van der Waals surface area (Å²) in [7, 11) is 0. The second-order valence-electron chi connectivity index (χ2n) is 4.44. The van der Waals surface area contributed by atoms with Crippen LogP contribution in [0.2, 0.25) is 0 Å². The maximum atomic E-state index is 12.9. The van der Waals surface area contributed by atoms with Gasteiger partial charge >= 0.3 is 0 Å². The highest BCUT2D eigenvalue weighted by Crippen LogP contribution is 2.16. The number of hydrogen-bond acceptors (Lipinski definition) is 4.